The molecule has 0 aliphatic rings. The SMILES string of the molecule is CCCC(C#N)(c1ccc(Cl)cc1)C(Br)I. The number of benzene rings is 1. The molecule has 0 saturated heterocycles. The minimum absolute atomic E-state index is 0.0868. The van der Waals surface area contributed by atoms with E-state index in [-0.39, 0.29) is 2.83 Å². The summed E-state index contributed by atoms with van der Waals surface area (Å²) in [5.74, 6) is 0. The van der Waals surface area contributed by atoms with Gasteiger partial charge in [-0.25, -0.2) is 0 Å². The Morgan fingerprint density at radius 1 is 1.50 bits per heavy atom. The molecule has 1 rings (SSSR count). The quantitative estimate of drug-likeness (QED) is 0.501. The summed E-state index contributed by atoms with van der Waals surface area (Å²) in [5.41, 5.74) is 0.553. The van der Waals surface area contributed by atoms with Crippen molar-refractivity contribution in [3.05, 3.63) is 34.9 Å². The molecular formula is C12H12BrClIN. The third kappa shape index (κ3) is 2.91. The Balaban J connectivity index is 3.20. The maximum Gasteiger partial charge on any atom is 0.104 e. The second-order valence-corrected chi connectivity index (χ2v) is 7.95. The minimum Gasteiger partial charge on any atom is -0.197 e. The van der Waals surface area contributed by atoms with Gasteiger partial charge in [0.25, 0.3) is 0 Å². The van der Waals surface area contributed by atoms with Crippen molar-refractivity contribution in [2.45, 2.75) is 28.0 Å². The van der Waals surface area contributed by atoms with Gasteiger partial charge in [-0.15, -0.1) is 0 Å². The van der Waals surface area contributed by atoms with E-state index in [1.807, 2.05) is 24.3 Å². The molecule has 0 radical (unpaired) electrons. The van der Waals surface area contributed by atoms with Crippen molar-refractivity contribution in [3.63, 3.8) is 0 Å². The second kappa shape index (κ2) is 6.23. The van der Waals surface area contributed by atoms with Crippen molar-refractivity contribution >= 4 is 50.1 Å². The topological polar surface area (TPSA) is 23.8 Å². The van der Waals surface area contributed by atoms with Crippen LogP contribution in [-0.4, -0.2) is 2.83 Å². The van der Waals surface area contributed by atoms with Crippen molar-refractivity contribution in [1.29, 1.82) is 5.26 Å². The Labute approximate surface area is 123 Å². The number of hydrogen-bond donors (Lipinski definition) is 0. The van der Waals surface area contributed by atoms with Crippen LogP contribution >= 0.6 is 50.1 Å². The summed E-state index contributed by atoms with van der Waals surface area (Å²) in [6.45, 7) is 2.09. The minimum atomic E-state index is -0.472. The van der Waals surface area contributed by atoms with E-state index >= 15 is 0 Å². The highest BCUT2D eigenvalue weighted by Gasteiger charge is 2.37. The van der Waals surface area contributed by atoms with Gasteiger partial charge in [-0.05, 0) is 24.1 Å². The van der Waals surface area contributed by atoms with Gasteiger partial charge in [0.15, 0.2) is 0 Å². The summed E-state index contributed by atoms with van der Waals surface area (Å²) < 4.78 is 0.0868. The zero-order chi connectivity index (χ0) is 12.2. The van der Waals surface area contributed by atoms with Gasteiger partial charge >= 0.3 is 0 Å². The van der Waals surface area contributed by atoms with Crippen LogP contribution in [0, 0.1) is 11.3 Å². The lowest BCUT2D eigenvalue weighted by Crippen LogP contribution is -2.30. The summed E-state index contributed by atoms with van der Waals surface area (Å²) in [7, 11) is 0. The Morgan fingerprint density at radius 2 is 2.06 bits per heavy atom. The molecule has 2 unspecified atom stereocenters. The summed E-state index contributed by atoms with van der Waals surface area (Å²) in [5, 5.41) is 10.2. The first-order chi connectivity index (χ1) is 7.56. The Bertz CT molecular complexity index is 385. The molecule has 1 aromatic rings. The van der Waals surface area contributed by atoms with Gasteiger partial charge in [-0.1, -0.05) is 75.6 Å². The third-order valence-corrected chi connectivity index (χ3v) is 4.67. The van der Waals surface area contributed by atoms with Crippen LogP contribution < -0.4 is 0 Å². The van der Waals surface area contributed by atoms with Crippen molar-refractivity contribution in [3.8, 4) is 6.07 Å². The van der Waals surface area contributed by atoms with E-state index in [1.54, 1.807) is 0 Å². The molecule has 16 heavy (non-hydrogen) atoms. The van der Waals surface area contributed by atoms with Crippen LogP contribution in [0.5, 0.6) is 0 Å². The number of rotatable bonds is 4. The summed E-state index contributed by atoms with van der Waals surface area (Å²) in [6.07, 6.45) is 1.81. The zero-order valence-corrected chi connectivity index (χ0v) is 13.4. The van der Waals surface area contributed by atoms with Gasteiger partial charge < -0.3 is 0 Å². The highest BCUT2D eigenvalue weighted by molar-refractivity contribution is 14.1. The van der Waals surface area contributed by atoms with Crippen molar-refractivity contribution in [1.82, 2.24) is 0 Å². The normalized spacial score (nSPS) is 16.2. The molecule has 2 atom stereocenters. The first kappa shape index (κ1) is 14.3. The molecule has 0 amide bonds. The van der Waals surface area contributed by atoms with Crippen LogP contribution in [0.1, 0.15) is 25.3 Å². The second-order valence-electron chi connectivity index (χ2n) is 3.64. The predicted molar refractivity (Wildman–Crippen MR) is 80.4 cm³/mol. The molecule has 0 aliphatic carbocycles. The summed E-state index contributed by atoms with van der Waals surface area (Å²) >= 11 is 11.7. The van der Waals surface area contributed by atoms with E-state index in [2.05, 4.69) is 51.5 Å². The van der Waals surface area contributed by atoms with E-state index in [4.69, 9.17) is 11.6 Å². The van der Waals surface area contributed by atoms with Gasteiger partial charge in [0.2, 0.25) is 0 Å². The van der Waals surface area contributed by atoms with Gasteiger partial charge in [0.05, 0.1) is 8.90 Å². The number of halogens is 3. The highest BCUT2D eigenvalue weighted by Crippen LogP contribution is 2.40. The molecule has 0 N–H and O–H groups in total. The van der Waals surface area contributed by atoms with Crippen molar-refractivity contribution in [2.75, 3.05) is 0 Å². The van der Waals surface area contributed by atoms with Crippen LogP contribution in [0.25, 0.3) is 0 Å². The van der Waals surface area contributed by atoms with Crippen LogP contribution in [0.15, 0.2) is 24.3 Å². The molecule has 1 nitrogen and oxygen atoms in total. The van der Waals surface area contributed by atoms with Crippen LogP contribution in [-0.2, 0) is 5.41 Å². The molecule has 4 heteroatoms. The van der Waals surface area contributed by atoms with Crippen LogP contribution in [0.3, 0.4) is 0 Å². The average Bonchev–Trinajstić information content (AvgIpc) is 2.27. The largest absolute Gasteiger partial charge is 0.197 e. The first-order valence-corrected chi connectivity index (χ1v) is 7.56. The monoisotopic (exact) mass is 411 g/mol. The first-order valence-electron chi connectivity index (χ1n) is 5.02. The van der Waals surface area contributed by atoms with Crippen LogP contribution in [0.4, 0.5) is 0 Å². The molecule has 86 valence electrons. The smallest absolute Gasteiger partial charge is 0.104 e. The maximum absolute atomic E-state index is 9.48. The van der Waals surface area contributed by atoms with Crippen molar-refractivity contribution < 1.29 is 0 Å². The molecule has 0 bridgehead atoms. The fraction of sp³-hybridized carbons (Fsp3) is 0.417. The van der Waals surface area contributed by atoms with Crippen LogP contribution in [0.2, 0.25) is 5.02 Å². The lowest BCUT2D eigenvalue weighted by atomic mass is 9.80. The molecule has 0 aliphatic heterocycles. The van der Waals surface area contributed by atoms with Gasteiger partial charge in [0, 0.05) is 5.02 Å². The Morgan fingerprint density at radius 3 is 2.44 bits per heavy atom. The van der Waals surface area contributed by atoms with Gasteiger partial charge in [-0.3, -0.25) is 0 Å². The fourth-order valence-corrected chi connectivity index (χ4v) is 3.22. The third-order valence-electron chi connectivity index (χ3n) is 2.58. The average molecular weight is 412 g/mol. The zero-order valence-electron chi connectivity index (χ0n) is 8.88. The number of hydrogen-bond acceptors (Lipinski definition) is 1. The Hall–Kier alpha value is 0.210. The summed E-state index contributed by atoms with van der Waals surface area (Å²) in [6, 6.07) is 10.0. The molecule has 1 aromatic carbocycles. The molecule has 0 saturated carbocycles. The van der Waals surface area contributed by atoms with E-state index in [1.165, 1.54) is 0 Å². The maximum atomic E-state index is 9.48. The van der Waals surface area contributed by atoms with E-state index in [0.717, 1.165) is 18.4 Å². The van der Waals surface area contributed by atoms with Crippen molar-refractivity contribution in [2.24, 2.45) is 0 Å². The highest BCUT2D eigenvalue weighted by atomic mass is 127. The van der Waals surface area contributed by atoms with E-state index in [0.29, 0.717) is 5.02 Å². The number of nitrogens with zero attached hydrogens (tertiary/aromatic N) is 1. The van der Waals surface area contributed by atoms with Gasteiger partial charge in [0.1, 0.15) is 5.41 Å². The van der Waals surface area contributed by atoms with E-state index < -0.39 is 5.41 Å². The molecule has 0 fully saturated rings. The summed E-state index contributed by atoms with van der Waals surface area (Å²) in [4.78, 5) is 0. The molecule has 0 aromatic heterocycles. The molecule has 0 spiro atoms. The predicted octanol–water partition coefficient (Wildman–Crippen LogP) is 5.06. The van der Waals surface area contributed by atoms with Gasteiger partial charge in [-0.2, -0.15) is 5.26 Å². The van der Waals surface area contributed by atoms with E-state index in [9.17, 15) is 5.26 Å². The number of alkyl halides is 2. The standard InChI is InChI=1S/C12H12BrClIN/c1-2-7-12(8-16,11(13)15)9-3-5-10(14)6-4-9/h3-6,11H,2,7H2,1H3. The lowest BCUT2D eigenvalue weighted by Gasteiger charge is -2.28. The fourth-order valence-electron chi connectivity index (χ4n) is 1.69. The molecule has 0 heterocycles. The molecular weight excluding hydrogens is 400 g/mol. The lowest BCUT2D eigenvalue weighted by molar-refractivity contribution is 0.547. The Kier molecular flexibility index (Phi) is 5.55. The number of nitriles is 1.